The molecule has 0 spiro atoms. The average molecular weight is 221 g/mol. The lowest BCUT2D eigenvalue weighted by molar-refractivity contribution is 0.110. The van der Waals surface area contributed by atoms with E-state index in [0.29, 0.717) is 18.5 Å². The molecule has 4 heteroatoms. The predicted octanol–water partition coefficient (Wildman–Crippen LogP) is 1.01. The second-order valence-corrected chi connectivity index (χ2v) is 4.33. The van der Waals surface area contributed by atoms with Crippen LogP contribution < -0.4 is 10.5 Å². The Balaban J connectivity index is 1.88. The molecule has 2 N–H and O–H groups in total. The lowest BCUT2D eigenvalue weighted by Gasteiger charge is -2.28. The summed E-state index contributed by atoms with van der Waals surface area (Å²) in [6.07, 6.45) is 4.25. The smallest absolute Gasteiger partial charge is 0.213 e. The Morgan fingerprint density at radius 1 is 1.44 bits per heavy atom. The molecular weight excluding hydrogens is 202 g/mol. The summed E-state index contributed by atoms with van der Waals surface area (Å²) in [5.74, 6) is 0.715. The fraction of sp³-hybridized carbons (Fsp3) is 0.583. The van der Waals surface area contributed by atoms with Crippen LogP contribution in [-0.4, -0.2) is 36.1 Å². The number of likely N-dealkylation sites (tertiary alicyclic amines) is 1. The molecule has 0 aromatic carbocycles. The monoisotopic (exact) mass is 221 g/mol. The Labute approximate surface area is 96.4 Å². The van der Waals surface area contributed by atoms with E-state index < -0.39 is 0 Å². The Morgan fingerprint density at radius 3 is 2.75 bits per heavy atom. The van der Waals surface area contributed by atoms with Gasteiger partial charge in [0.05, 0.1) is 0 Å². The van der Waals surface area contributed by atoms with Crippen LogP contribution in [0.25, 0.3) is 0 Å². The van der Waals surface area contributed by atoms with Gasteiger partial charge < -0.3 is 15.4 Å². The average Bonchev–Trinajstić information content (AvgIpc) is 2.33. The highest BCUT2D eigenvalue weighted by Gasteiger charge is 2.18. The number of nitrogens with zero attached hydrogens (tertiary/aromatic N) is 2. The van der Waals surface area contributed by atoms with Crippen molar-refractivity contribution in [3.05, 3.63) is 23.9 Å². The number of nitrogens with two attached hydrogens (primary N) is 1. The van der Waals surface area contributed by atoms with Gasteiger partial charge in [0.25, 0.3) is 0 Å². The van der Waals surface area contributed by atoms with Gasteiger partial charge >= 0.3 is 0 Å². The maximum atomic E-state index is 5.82. The van der Waals surface area contributed by atoms with Crippen LogP contribution in [0.4, 0.5) is 0 Å². The predicted molar refractivity (Wildman–Crippen MR) is 63.3 cm³/mol. The number of hydrogen-bond donors (Lipinski definition) is 1. The second-order valence-electron chi connectivity index (χ2n) is 4.33. The molecule has 2 heterocycles. The SMILES string of the molecule is CN1CCC(Oc2ccc(CN)cn2)CC1. The van der Waals surface area contributed by atoms with Crippen molar-refractivity contribution in [1.82, 2.24) is 9.88 Å². The zero-order valence-corrected chi connectivity index (χ0v) is 9.72. The molecule has 0 atom stereocenters. The normalized spacial score (nSPS) is 18.6. The van der Waals surface area contributed by atoms with Crippen molar-refractivity contribution in [2.45, 2.75) is 25.5 Å². The number of rotatable bonds is 3. The summed E-state index contributed by atoms with van der Waals surface area (Å²) >= 11 is 0. The first-order valence-corrected chi connectivity index (χ1v) is 5.78. The van der Waals surface area contributed by atoms with Gasteiger partial charge in [0.2, 0.25) is 5.88 Å². The Morgan fingerprint density at radius 2 is 2.19 bits per heavy atom. The first-order chi connectivity index (χ1) is 7.78. The molecule has 0 amide bonds. The van der Waals surface area contributed by atoms with Crippen LogP contribution in [-0.2, 0) is 6.54 Å². The van der Waals surface area contributed by atoms with E-state index in [1.54, 1.807) is 6.20 Å². The van der Waals surface area contributed by atoms with Crippen molar-refractivity contribution in [1.29, 1.82) is 0 Å². The van der Waals surface area contributed by atoms with Crippen LogP contribution in [0, 0.1) is 0 Å². The van der Waals surface area contributed by atoms with Gasteiger partial charge in [-0.2, -0.15) is 0 Å². The fourth-order valence-corrected chi connectivity index (χ4v) is 1.87. The zero-order valence-electron chi connectivity index (χ0n) is 9.72. The van der Waals surface area contributed by atoms with Gasteiger partial charge in [-0.3, -0.25) is 0 Å². The van der Waals surface area contributed by atoms with E-state index in [1.165, 1.54) is 0 Å². The van der Waals surface area contributed by atoms with E-state index >= 15 is 0 Å². The largest absolute Gasteiger partial charge is 0.474 e. The molecule has 1 fully saturated rings. The zero-order chi connectivity index (χ0) is 11.4. The summed E-state index contributed by atoms with van der Waals surface area (Å²) in [6.45, 7) is 2.73. The van der Waals surface area contributed by atoms with Crippen LogP contribution in [0.5, 0.6) is 5.88 Å². The van der Waals surface area contributed by atoms with E-state index in [-0.39, 0.29) is 0 Å². The third-order valence-electron chi connectivity index (χ3n) is 2.99. The Kier molecular flexibility index (Phi) is 3.74. The maximum Gasteiger partial charge on any atom is 0.213 e. The molecule has 88 valence electrons. The highest BCUT2D eigenvalue weighted by atomic mass is 16.5. The molecule has 0 aliphatic carbocycles. The van der Waals surface area contributed by atoms with Crippen LogP contribution >= 0.6 is 0 Å². The molecular formula is C12H19N3O. The summed E-state index contributed by atoms with van der Waals surface area (Å²) in [4.78, 5) is 6.57. The summed E-state index contributed by atoms with van der Waals surface area (Å²) in [6, 6.07) is 3.87. The Hall–Kier alpha value is -1.13. The molecule has 2 rings (SSSR count). The molecule has 16 heavy (non-hydrogen) atoms. The molecule has 1 aromatic rings. The first kappa shape index (κ1) is 11.4. The number of hydrogen-bond acceptors (Lipinski definition) is 4. The number of ether oxygens (including phenoxy) is 1. The van der Waals surface area contributed by atoms with Crippen molar-refractivity contribution in [3.8, 4) is 5.88 Å². The number of aromatic nitrogens is 1. The Bertz CT molecular complexity index is 318. The third kappa shape index (κ3) is 2.93. The minimum atomic E-state index is 0.312. The summed E-state index contributed by atoms with van der Waals surface area (Å²) in [5.41, 5.74) is 6.55. The topological polar surface area (TPSA) is 51.4 Å². The van der Waals surface area contributed by atoms with Gasteiger partial charge in [-0.05, 0) is 25.5 Å². The molecule has 1 aliphatic rings. The standard InChI is InChI=1S/C12H19N3O/c1-15-6-4-11(5-7-15)16-12-3-2-10(8-13)9-14-12/h2-3,9,11H,4-8,13H2,1H3. The van der Waals surface area contributed by atoms with Gasteiger partial charge in [-0.25, -0.2) is 4.98 Å². The van der Waals surface area contributed by atoms with E-state index in [1.807, 2.05) is 12.1 Å². The fourth-order valence-electron chi connectivity index (χ4n) is 1.87. The van der Waals surface area contributed by atoms with Crippen LogP contribution in [0.2, 0.25) is 0 Å². The minimum Gasteiger partial charge on any atom is -0.474 e. The van der Waals surface area contributed by atoms with E-state index in [0.717, 1.165) is 31.5 Å². The second kappa shape index (κ2) is 5.27. The van der Waals surface area contributed by atoms with Gasteiger partial charge in [0, 0.05) is 31.9 Å². The van der Waals surface area contributed by atoms with E-state index in [4.69, 9.17) is 10.5 Å². The molecule has 1 aromatic heterocycles. The maximum absolute atomic E-state index is 5.82. The van der Waals surface area contributed by atoms with Crippen LogP contribution in [0.15, 0.2) is 18.3 Å². The quantitative estimate of drug-likeness (QED) is 0.827. The van der Waals surface area contributed by atoms with Crippen LogP contribution in [0.1, 0.15) is 18.4 Å². The molecule has 1 saturated heterocycles. The molecule has 0 bridgehead atoms. The number of pyridine rings is 1. The molecule has 4 nitrogen and oxygen atoms in total. The van der Waals surface area contributed by atoms with Gasteiger partial charge in [0.1, 0.15) is 6.10 Å². The summed E-state index contributed by atoms with van der Waals surface area (Å²) < 4.78 is 5.82. The molecule has 0 unspecified atom stereocenters. The molecule has 0 radical (unpaired) electrons. The number of piperidine rings is 1. The summed E-state index contributed by atoms with van der Waals surface area (Å²) in [5, 5.41) is 0. The van der Waals surface area contributed by atoms with E-state index in [2.05, 4.69) is 16.9 Å². The first-order valence-electron chi connectivity index (χ1n) is 5.78. The van der Waals surface area contributed by atoms with Gasteiger partial charge in [-0.1, -0.05) is 6.07 Å². The van der Waals surface area contributed by atoms with Crippen LogP contribution in [0.3, 0.4) is 0 Å². The lowest BCUT2D eigenvalue weighted by atomic mass is 10.1. The van der Waals surface area contributed by atoms with Crippen molar-refractivity contribution < 1.29 is 4.74 Å². The van der Waals surface area contributed by atoms with Crippen molar-refractivity contribution >= 4 is 0 Å². The lowest BCUT2D eigenvalue weighted by Crippen LogP contribution is -2.35. The third-order valence-corrected chi connectivity index (χ3v) is 2.99. The highest BCUT2D eigenvalue weighted by Crippen LogP contribution is 2.16. The molecule has 0 saturated carbocycles. The van der Waals surface area contributed by atoms with Gasteiger partial charge in [-0.15, -0.1) is 0 Å². The minimum absolute atomic E-state index is 0.312. The summed E-state index contributed by atoms with van der Waals surface area (Å²) in [7, 11) is 2.14. The van der Waals surface area contributed by atoms with Crippen molar-refractivity contribution in [3.63, 3.8) is 0 Å². The molecule has 1 aliphatic heterocycles. The van der Waals surface area contributed by atoms with Gasteiger partial charge in [0.15, 0.2) is 0 Å². The van der Waals surface area contributed by atoms with Crippen molar-refractivity contribution in [2.24, 2.45) is 5.73 Å². The highest BCUT2D eigenvalue weighted by molar-refractivity contribution is 5.17. The van der Waals surface area contributed by atoms with E-state index in [9.17, 15) is 0 Å². The van der Waals surface area contributed by atoms with Crippen molar-refractivity contribution in [2.75, 3.05) is 20.1 Å².